The molecule has 1 aromatic carbocycles. The van der Waals surface area contributed by atoms with E-state index in [4.69, 9.17) is 20.3 Å². The number of ether oxygens (including phenoxy) is 2. The maximum Gasteiger partial charge on any atom is 0.303 e. The van der Waals surface area contributed by atoms with Gasteiger partial charge in [-0.15, -0.1) is 0 Å². The molecule has 1 aromatic rings. The molecule has 0 aromatic heterocycles. The van der Waals surface area contributed by atoms with Crippen molar-refractivity contribution in [2.75, 3.05) is 6.79 Å². The van der Waals surface area contributed by atoms with Crippen LogP contribution in [-0.4, -0.2) is 17.9 Å². The fourth-order valence-electron chi connectivity index (χ4n) is 1.83. The zero-order chi connectivity index (χ0) is 13.1. The maximum absolute atomic E-state index is 13.8. The molecule has 0 amide bonds. The summed E-state index contributed by atoms with van der Waals surface area (Å²) in [7, 11) is 0. The average molecular weight is 255 g/mol. The lowest BCUT2D eigenvalue weighted by Crippen LogP contribution is -2.17. The quantitative estimate of drug-likeness (QED) is 0.853. The van der Waals surface area contributed by atoms with E-state index in [2.05, 4.69) is 0 Å². The number of aliphatic carboxylic acids is 1. The molecule has 1 unspecified atom stereocenters. The highest BCUT2D eigenvalue weighted by atomic mass is 19.1. The molecular weight excluding hydrogens is 241 g/mol. The third-order valence-corrected chi connectivity index (χ3v) is 2.80. The number of benzene rings is 1. The average Bonchev–Trinajstić information content (AvgIpc) is 2.35. The molecule has 6 heteroatoms. The number of carbonyl (C=O) groups is 1. The first-order chi connectivity index (χ1) is 8.58. The van der Waals surface area contributed by atoms with Gasteiger partial charge in [0.05, 0.1) is 6.61 Å². The highest BCUT2D eigenvalue weighted by Gasteiger charge is 2.19. The summed E-state index contributed by atoms with van der Waals surface area (Å²) < 4.78 is 24.1. The Kier molecular flexibility index (Phi) is 3.78. The van der Waals surface area contributed by atoms with Gasteiger partial charge in [-0.25, -0.2) is 4.39 Å². The van der Waals surface area contributed by atoms with E-state index >= 15 is 0 Å². The summed E-state index contributed by atoms with van der Waals surface area (Å²) in [5.74, 6) is -0.863. The summed E-state index contributed by atoms with van der Waals surface area (Å²) in [5.41, 5.74) is 6.69. The van der Waals surface area contributed by atoms with Crippen LogP contribution in [0.25, 0.3) is 0 Å². The Bertz CT molecular complexity index is 464. The first-order valence-electron chi connectivity index (χ1n) is 5.58. The van der Waals surface area contributed by atoms with Crippen LogP contribution in [0.3, 0.4) is 0 Å². The van der Waals surface area contributed by atoms with Gasteiger partial charge in [0, 0.05) is 23.6 Å². The molecule has 18 heavy (non-hydrogen) atoms. The van der Waals surface area contributed by atoms with Crippen molar-refractivity contribution in [3.05, 3.63) is 29.1 Å². The molecule has 0 radical (unpaired) electrons. The molecule has 98 valence electrons. The molecule has 3 N–H and O–H groups in total. The molecule has 0 saturated carbocycles. The summed E-state index contributed by atoms with van der Waals surface area (Å²) in [4.78, 5) is 10.5. The molecule has 1 aliphatic rings. The monoisotopic (exact) mass is 255 g/mol. The standard InChI is InChI=1S/C12H14FNO4/c13-9-3-7-5-17-6-18-11(7)4-8(9)10(14)1-2-12(15)16/h3-4,10H,1-2,5-6,14H2,(H,15,16). The van der Waals surface area contributed by atoms with Gasteiger partial charge in [-0.2, -0.15) is 0 Å². The van der Waals surface area contributed by atoms with E-state index < -0.39 is 17.8 Å². The summed E-state index contributed by atoms with van der Waals surface area (Å²) in [5, 5.41) is 8.58. The normalized spacial score (nSPS) is 15.7. The van der Waals surface area contributed by atoms with Crippen molar-refractivity contribution >= 4 is 5.97 Å². The lowest BCUT2D eigenvalue weighted by Gasteiger charge is -2.20. The second kappa shape index (κ2) is 5.32. The third kappa shape index (κ3) is 2.77. The lowest BCUT2D eigenvalue weighted by molar-refractivity contribution is -0.137. The Balaban J connectivity index is 2.19. The van der Waals surface area contributed by atoms with E-state index in [1.165, 1.54) is 12.1 Å². The molecule has 0 fully saturated rings. The van der Waals surface area contributed by atoms with E-state index in [1.807, 2.05) is 0 Å². The minimum absolute atomic E-state index is 0.0956. The number of halogens is 1. The van der Waals surface area contributed by atoms with Crippen molar-refractivity contribution in [1.82, 2.24) is 0 Å². The predicted molar refractivity (Wildman–Crippen MR) is 60.5 cm³/mol. The molecule has 1 heterocycles. The van der Waals surface area contributed by atoms with Gasteiger partial charge < -0.3 is 20.3 Å². The van der Waals surface area contributed by atoms with Gasteiger partial charge in [0.25, 0.3) is 0 Å². The Morgan fingerprint density at radius 1 is 1.56 bits per heavy atom. The van der Waals surface area contributed by atoms with Crippen LogP contribution < -0.4 is 10.5 Å². The van der Waals surface area contributed by atoms with Crippen LogP contribution in [0.4, 0.5) is 4.39 Å². The van der Waals surface area contributed by atoms with Crippen LogP contribution in [-0.2, 0) is 16.1 Å². The van der Waals surface area contributed by atoms with Gasteiger partial charge in [0.1, 0.15) is 11.6 Å². The Morgan fingerprint density at radius 2 is 2.33 bits per heavy atom. The fourth-order valence-corrected chi connectivity index (χ4v) is 1.83. The smallest absolute Gasteiger partial charge is 0.303 e. The summed E-state index contributed by atoms with van der Waals surface area (Å²) in [6, 6.07) is 2.20. The number of carboxylic acids is 1. The van der Waals surface area contributed by atoms with Gasteiger partial charge >= 0.3 is 5.97 Å². The van der Waals surface area contributed by atoms with Crippen LogP contribution in [0, 0.1) is 5.82 Å². The lowest BCUT2D eigenvalue weighted by atomic mass is 10.00. The molecule has 0 aliphatic carbocycles. The minimum atomic E-state index is -0.950. The van der Waals surface area contributed by atoms with E-state index in [0.717, 1.165) is 0 Å². The van der Waals surface area contributed by atoms with Crippen LogP contribution in [0.1, 0.15) is 30.0 Å². The van der Waals surface area contributed by atoms with Gasteiger partial charge in [-0.05, 0) is 18.6 Å². The van der Waals surface area contributed by atoms with Crippen molar-refractivity contribution in [2.24, 2.45) is 5.73 Å². The molecule has 2 rings (SSSR count). The number of rotatable bonds is 4. The van der Waals surface area contributed by atoms with Crippen LogP contribution in [0.15, 0.2) is 12.1 Å². The zero-order valence-corrected chi connectivity index (χ0v) is 9.69. The summed E-state index contributed by atoms with van der Waals surface area (Å²) in [6.45, 7) is 0.430. The van der Waals surface area contributed by atoms with Crippen LogP contribution >= 0.6 is 0 Å². The Labute approximate surface area is 103 Å². The fraction of sp³-hybridized carbons (Fsp3) is 0.417. The van der Waals surface area contributed by atoms with Gasteiger partial charge in [0.15, 0.2) is 6.79 Å². The molecule has 0 bridgehead atoms. The first-order valence-corrected chi connectivity index (χ1v) is 5.58. The van der Waals surface area contributed by atoms with E-state index in [9.17, 15) is 9.18 Å². The number of nitrogens with two attached hydrogens (primary N) is 1. The number of hydrogen-bond acceptors (Lipinski definition) is 4. The van der Waals surface area contributed by atoms with Crippen molar-refractivity contribution in [1.29, 1.82) is 0 Å². The number of carboxylic acid groups (broad SMARTS) is 1. The minimum Gasteiger partial charge on any atom is -0.481 e. The number of hydrogen-bond donors (Lipinski definition) is 2. The van der Waals surface area contributed by atoms with Gasteiger partial charge in [0.2, 0.25) is 0 Å². The molecule has 0 saturated heterocycles. The number of fused-ring (bicyclic) bond motifs is 1. The Hall–Kier alpha value is -1.66. The molecule has 5 nitrogen and oxygen atoms in total. The highest BCUT2D eigenvalue weighted by molar-refractivity contribution is 5.66. The van der Waals surface area contributed by atoms with E-state index in [1.54, 1.807) is 0 Å². The van der Waals surface area contributed by atoms with Gasteiger partial charge in [-0.3, -0.25) is 4.79 Å². The van der Waals surface area contributed by atoms with Gasteiger partial charge in [-0.1, -0.05) is 0 Å². The van der Waals surface area contributed by atoms with E-state index in [-0.39, 0.29) is 25.2 Å². The molecular formula is C12H14FNO4. The van der Waals surface area contributed by atoms with Crippen molar-refractivity contribution < 1.29 is 23.8 Å². The van der Waals surface area contributed by atoms with Crippen LogP contribution in [0.5, 0.6) is 5.75 Å². The second-order valence-corrected chi connectivity index (χ2v) is 4.13. The summed E-state index contributed by atoms with van der Waals surface area (Å²) in [6.07, 6.45) is 0.0865. The third-order valence-electron chi connectivity index (χ3n) is 2.80. The second-order valence-electron chi connectivity index (χ2n) is 4.13. The van der Waals surface area contributed by atoms with E-state index in [0.29, 0.717) is 17.9 Å². The zero-order valence-electron chi connectivity index (χ0n) is 9.69. The molecule has 1 aliphatic heterocycles. The highest BCUT2D eigenvalue weighted by Crippen LogP contribution is 2.30. The SMILES string of the molecule is NC(CCC(=O)O)c1cc2c(cc1F)COCO2. The van der Waals surface area contributed by atoms with Crippen molar-refractivity contribution in [3.63, 3.8) is 0 Å². The van der Waals surface area contributed by atoms with Crippen molar-refractivity contribution in [3.8, 4) is 5.75 Å². The molecule has 0 spiro atoms. The predicted octanol–water partition coefficient (Wildman–Crippen LogP) is 1.56. The summed E-state index contributed by atoms with van der Waals surface area (Å²) >= 11 is 0. The van der Waals surface area contributed by atoms with Crippen LogP contribution in [0.2, 0.25) is 0 Å². The topological polar surface area (TPSA) is 81.8 Å². The first kappa shape index (κ1) is 12.8. The van der Waals surface area contributed by atoms with Crippen molar-refractivity contribution in [2.45, 2.75) is 25.5 Å². The largest absolute Gasteiger partial charge is 0.481 e. The molecule has 1 atom stereocenters. The maximum atomic E-state index is 13.8. The Morgan fingerprint density at radius 3 is 3.06 bits per heavy atom.